The predicted octanol–water partition coefficient (Wildman–Crippen LogP) is 4.40. The standard InChI is InChI=1S/C24H18N4O2S/c25-31(29,30)21-12-8-19(9-13-21)24-27-22-16-26-15-14-23(22)28(24)20-10-6-18(7-11-20)17-4-2-1-3-5-17/h1-16H,(H2,25,29,30). The Morgan fingerprint density at radius 2 is 1.39 bits per heavy atom. The number of hydrogen-bond donors (Lipinski definition) is 1. The van der Waals surface area contributed by atoms with Crippen LogP contribution in [0.3, 0.4) is 0 Å². The molecule has 5 aromatic rings. The molecule has 0 fully saturated rings. The first-order valence-corrected chi connectivity index (χ1v) is 11.2. The maximum absolute atomic E-state index is 11.6. The average molecular weight is 427 g/mol. The Hall–Kier alpha value is -3.81. The summed E-state index contributed by atoms with van der Waals surface area (Å²) in [7, 11) is -3.76. The van der Waals surface area contributed by atoms with Crippen molar-refractivity contribution >= 4 is 21.1 Å². The summed E-state index contributed by atoms with van der Waals surface area (Å²) >= 11 is 0. The van der Waals surface area contributed by atoms with E-state index in [4.69, 9.17) is 10.1 Å². The summed E-state index contributed by atoms with van der Waals surface area (Å²) in [6.45, 7) is 0. The minimum absolute atomic E-state index is 0.0628. The first-order valence-electron chi connectivity index (χ1n) is 9.62. The van der Waals surface area contributed by atoms with Crippen molar-refractivity contribution in [3.05, 3.63) is 97.3 Å². The van der Waals surface area contributed by atoms with E-state index in [0.717, 1.165) is 33.4 Å². The number of primary sulfonamides is 1. The molecule has 0 atom stereocenters. The number of rotatable bonds is 4. The first kappa shape index (κ1) is 19.2. The van der Waals surface area contributed by atoms with Crippen molar-refractivity contribution in [2.75, 3.05) is 0 Å². The highest BCUT2D eigenvalue weighted by atomic mass is 32.2. The lowest BCUT2D eigenvalue weighted by Crippen LogP contribution is -2.11. The lowest BCUT2D eigenvalue weighted by atomic mass is 10.1. The fourth-order valence-electron chi connectivity index (χ4n) is 3.61. The quantitative estimate of drug-likeness (QED) is 0.461. The van der Waals surface area contributed by atoms with Crippen molar-refractivity contribution in [3.8, 4) is 28.2 Å². The van der Waals surface area contributed by atoms with Gasteiger partial charge in [0.15, 0.2) is 0 Å². The monoisotopic (exact) mass is 426 g/mol. The summed E-state index contributed by atoms with van der Waals surface area (Å²) < 4.78 is 25.3. The molecule has 31 heavy (non-hydrogen) atoms. The van der Waals surface area contributed by atoms with Crippen LogP contribution in [0.15, 0.2) is 102 Å². The van der Waals surface area contributed by atoms with Crippen LogP contribution in [0.25, 0.3) is 39.2 Å². The Kier molecular flexibility index (Phi) is 4.62. The van der Waals surface area contributed by atoms with Crippen LogP contribution in [0.1, 0.15) is 0 Å². The normalized spacial score (nSPS) is 11.6. The van der Waals surface area contributed by atoms with Gasteiger partial charge in [0.1, 0.15) is 11.3 Å². The van der Waals surface area contributed by atoms with Gasteiger partial charge in [-0.15, -0.1) is 0 Å². The second kappa shape index (κ2) is 7.46. The molecule has 7 heteroatoms. The van der Waals surface area contributed by atoms with E-state index in [-0.39, 0.29) is 4.90 Å². The molecule has 0 bridgehead atoms. The molecule has 0 spiro atoms. The fraction of sp³-hybridized carbons (Fsp3) is 0. The molecule has 0 aliphatic carbocycles. The molecule has 2 aromatic heterocycles. The van der Waals surface area contributed by atoms with Crippen LogP contribution < -0.4 is 5.14 Å². The van der Waals surface area contributed by atoms with E-state index >= 15 is 0 Å². The SMILES string of the molecule is NS(=O)(=O)c1ccc(-c2nc3cnccc3n2-c2ccc(-c3ccccc3)cc2)cc1. The molecule has 2 heterocycles. The molecule has 152 valence electrons. The maximum Gasteiger partial charge on any atom is 0.238 e. The zero-order chi connectivity index (χ0) is 21.4. The Morgan fingerprint density at radius 3 is 2.06 bits per heavy atom. The van der Waals surface area contributed by atoms with Crippen molar-refractivity contribution in [2.45, 2.75) is 4.90 Å². The largest absolute Gasteiger partial charge is 0.292 e. The van der Waals surface area contributed by atoms with Gasteiger partial charge in [-0.1, -0.05) is 42.5 Å². The van der Waals surface area contributed by atoms with Gasteiger partial charge in [0.25, 0.3) is 0 Å². The van der Waals surface area contributed by atoms with E-state index in [2.05, 4.69) is 29.2 Å². The number of sulfonamides is 1. The summed E-state index contributed by atoms with van der Waals surface area (Å²) in [6.07, 6.45) is 3.44. The molecule has 0 saturated heterocycles. The van der Waals surface area contributed by atoms with Crippen LogP contribution >= 0.6 is 0 Å². The number of benzene rings is 3. The van der Waals surface area contributed by atoms with E-state index in [1.807, 2.05) is 41.0 Å². The van der Waals surface area contributed by atoms with Crippen molar-refractivity contribution in [2.24, 2.45) is 5.14 Å². The van der Waals surface area contributed by atoms with Crippen LogP contribution in [-0.4, -0.2) is 23.0 Å². The molecular formula is C24H18N4O2S. The molecule has 0 amide bonds. The molecule has 0 radical (unpaired) electrons. The Morgan fingerprint density at radius 1 is 0.742 bits per heavy atom. The van der Waals surface area contributed by atoms with Crippen molar-refractivity contribution < 1.29 is 8.42 Å². The number of nitrogens with zero attached hydrogens (tertiary/aromatic N) is 3. The van der Waals surface area contributed by atoms with Crippen LogP contribution in [0.5, 0.6) is 0 Å². The lowest BCUT2D eigenvalue weighted by molar-refractivity contribution is 0.598. The van der Waals surface area contributed by atoms with E-state index in [9.17, 15) is 8.42 Å². The molecule has 0 aliphatic rings. The van der Waals surface area contributed by atoms with Crippen LogP contribution in [0, 0.1) is 0 Å². The van der Waals surface area contributed by atoms with Gasteiger partial charge in [0.05, 0.1) is 16.6 Å². The number of pyridine rings is 1. The van der Waals surface area contributed by atoms with Crippen LogP contribution in [-0.2, 0) is 10.0 Å². The van der Waals surface area contributed by atoms with Gasteiger partial charge in [0, 0.05) is 17.4 Å². The number of hydrogen-bond acceptors (Lipinski definition) is 4. The van der Waals surface area contributed by atoms with E-state index in [1.54, 1.807) is 24.5 Å². The number of nitrogens with two attached hydrogens (primary N) is 1. The Labute approximate surface area is 179 Å². The highest BCUT2D eigenvalue weighted by Gasteiger charge is 2.16. The minimum atomic E-state index is -3.76. The smallest absolute Gasteiger partial charge is 0.238 e. The zero-order valence-electron chi connectivity index (χ0n) is 16.4. The van der Waals surface area contributed by atoms with Gasteiger partial charge in [-0.05, 0) is 53.6 Å². The molecular weight excluding hydrogens is 408 g/mol. The first-order chi connectivity index (χ1) is 15.0. The minimum Gasteiger partial charge on any atom is -0.292 e. The summed E-state index contributed by atoms with van der Waals surface area (Å²) in [4.78, 5) is 9.00. The second-order valence-electron chi connectivity index (χ2n) is 7.12. The Balaban J connectivity index is 1.65. The third kappa shape index (κ3) is 3.61. The highest BCUT2D eigenvalue weighted by Crippen LogP contribution is 2.30. The summed E-state index contributed by atoms with van der Waals surface area (Å²) in [6, 6.07) is 26.7. The number of fused-ring (bicyclic) bond motifs is 1. The summed E-state index contributed by atoms with van der Waals surface area (Å²) in [5.74, 6) is 0.691. The van der Waals surface area contributed by atoms with Gasteiger partial charge in [-0.3, -0.25) is 9.55 Å². The third-order valence-corrected chi connectivity index (χ3v) is 6.06. The summed E-state index contributed by atoms with van der Waals surface area (Å²) in [5, 5.41) is 5.23. The maximum atomic E-state index is 11.6. The molecule has 3 aromatic carbocycles. The van der Waals surface area contributed by atoms with Gasteiger partial charge in [-0.2, -0.15) is 0 Å². The molecule has 6 nitrogen and oxygen atoms in total. The second-order valence-corrected chi connectivity index (χ2v) is 8.68. The summed E-state index contributed by atoms with van der Waals surface area (Å²) in [5.41, 5.74) is 5.64. The van der Waals surface area contributed by atoms with Gasteiger partial charge in [-0.25, -0.2) is 18.5 Å². The Bertz CT molecular complexity index is 1470. The van der Waals surface area contributed by atoms with Crippen molar-refractivity contribution in [1.82, 2.24) is 14.5 Å². The molecule has 0 saturated carbocycles. The van der Waals surface area contributed by atoms with Gasteiger partial charge < -0.3 is 0 Å². The molecule has 2 N–H and O–H groups in total. The molecule has 0 unspecified atom stereocenters. The molecule has 5 rings (SSSR count). The van der Waals surface area contributed by atoms with Crippen LogP contribution in [0.4, 0.5) is 0 Å². The average Bonchev–Trinajstić information content (AvgIpc) is 3.19. The van der Waals surface area contributed by atoms with Crippen molar-refractivity contribution in [1.29, 1.82) is 0 Å². The van der Waals surface area contributed by atoms with Crippen molar-refractivity contribution in [3.63, 3.8) is 0 Å². The van der Waals surface area contributed by atoms with Gasteiger partial charge >= 0.3 is 0 Å². The lowest BCUT2D eigenvalue weighted by Gasteiger charge is -2.11. The van der Waals surface area contributed by atoms with E-state index in [0.29, 0.717) is 5.82 Å². The zero-order valence-corrected chi connectivity index (χ0v) is 17.2. The van der Waals surface area contributed by atoms with E-state index in [1.165, 1.54) is 12.1 Å². The highest BCUT2D eigenvalue weighted by molar-refractivity contribution is 7.89. The third-order valence-electron chi connectivity index (χ3n) is 5.13. The number of imidazole rings is 1. The topological polar surface area (TPSA) is 90.9 Å². The van der Waals surface area contributed by atoms with Gasteiger partial charge in [0.2, 0.25) is 10.0 Å². The fourth-order valence-corrected chi connectivity index (χ4v) is 4.13. The number of aromatic nitrogens is 3. The predicted molar refractivity (Wildman–Crippen MR) is 121 cm³/mol. The van der Waals surface area contributed by atoms with E-state index < -0.39 is 10.0 Å². The van der Waals surface area contributed by atoms with Crippen LogP contribution in [0.2, 0.25) is 0 Å². The molecule has 0 aliphatic heterocycles.